The molecule has 0 heterocycles. The summed E-state index contributed by atoms with van der Waals surface area (Å²) in [6.07, 6.45) is 2.23. The minimum absolute atomic E-state index is 0.459. The van der Waals surface area contributed by atoms with E-state index in [4.69, 9.17) is 0 Å². The van der Waals surface area contributed by atoms with Crippen molar-refractivity contribution in [3.8, 4) is 0 Å². The molecule has 0 saturated heterocycles. The van der Waals surface area contributed by atoms with Crippen molar-refractivity contribution in [2.24, 2.45) is 0 Å². The van der Waals surface area contributed by atoms with Gasteiger partial charge in [-0.25, -0.2) is 8.78 Å². The van der Waals surface area contributed by atoms with Crippen molar-refractivity contribution in [1.29, 1.82) is 0 Å². The minimum Gasteiger partial charge on any atom is -0.302 e. The van der Waals surface area contributed by atoms with Crippen LogP contribution in [0.15, 0.2) is 16.6 Å². The fourth-order valence-corrected chi connectivity index (χ4v) is 2.20. The Balaban J connectivity index is 2.54. The van der Waals surface area contributed by atoms with Crippen LogP contribution in [0, 0.1) is 11.6 Å². The molecule has 0 radical (unpaired) electrons. The van der Waals surface area contributed by atoms with Crippen LogP contribution in [0.3, 0.4) is 0 Å². The number of hydrogen-bond donors (Lipinski definition) is 0. The zero-order valence-electron chi connectivity index (χ0n) is 7.19. The van der Waals surface area contributed by atoms with E-state index < -0.39 is 17.0 Å². The van der Waals surface area contributed by atoms with Crippen LogP contribution in [-0.4, -0.2) is 6.29 Å². The average Bonchev–Trinajstić information content (AvgIpc) is 2.92. The molecule has 4 heteroatoms. The molecule has 1 aromatic rings. The molecule has 1 fully saturated rings. The molecule has 1 aliphatic rings. The predicted octanol–water partition coefficient (Wildman–Crippen LogP) is 2.96. The van der Waals surface area contributed by atoms with Gasteiger partial charge in [-0.1, -0.05) is 15.9 Å². The first-order valence-electron chi connectivity index (χ1n) is 4.20. The second kappa shape index (κ2) is 3.12. The first kappa shape index (κ1) is 9.77. The molecule has 2 rings (SSSR count). The molecule has 0 spiro atoms. The highest BCUT2D eigenvalue weighted by Crippen LogP contribution is 2.49. The van der Waals surface area contributed by atoms with Gasteiger partial charge in [0.25, 0.3) is 0 Å². The van der Waals surface area contributed by atoms with E-state index in [9.17, 15) is 13.6 Å². The largest absolute Gasteiger partial charge is 0.302 e. The Hall–Kier alpha value is -0.770. The molecule has 0 aromatic heterocycles. The smallest absolute Gasteiger partial charge is 0.159 e. The Morgan fingerprint density at radius 3 is 2.36 bits per heavy atom. The van der Waals surface area contributed by atoms with Crippen LogP contribution in [0.2, 0.25) is 0 Å². The van der Waals surface area contributed by atoms with Crippen molar-refractivity contribution in [2.75, 3.05) is 0 Å². The van der Waals surface area contributed by atoms with E-state index in [1.54, 1.807) is 0 Å². The number of rotatable bonds is 2. The van der Waals surface area contributed by atoms with Crippen LogP contribution in [0.5, 0.6) is 0 Å². The third-order valence-electron chi connectivity index (χ3n) is 2.56. The van der Waals surface area contributed by atoms with E-state index in [0.717, 1.165) is 18.4 Å². The van der Waals surface area contributed by atoms with Gasteiger partial charge in [0.2, 0.25) is 0 Å². The van der Waals surface area contributed by atoms with Gasteiger partial charge in [-0.3, -0.25) is 0 Å². The van der Waals surface area contributed by atoms with Crippen LogP contribution < -0.4 is 0 Å². The summed E-state index contributed by atoms with van der Waals surface area (Å²) in [6, 6.07) is 2.16. The van der Waals surface area contributed by atoms with Gasteiger partial charge in [0.15, 0.2) is 11.6 Å². The third kappa shape index (κ3) is 1.38. The fraction of sp³-hybridized carbons (Fsp3) is 0.300. The molecular weight excluding hydrogens is 254 g/mol. The molecule has 0 atom stereocenters. The zero-order valence-corrected chi connectivity index (χ0v) is 8.77. The highest BCUT2D eigenvalue weighted by Gasteiger charge is 2.45. The van der Waals surface area contributed by atoms with Crippen LogP contribution in [0.1, 0.15) is 18.4 Å². The van der Waals surface area contributed by atoms with Gasteiger partial charge in [0, 0.05) is 4.47 Å². The molecule has 1 aliphatic carbocycles. The topological polar surface area (TPSA) is 17.1 Å². The van der Waals surface area contributed by atoms with Gasteiger partial charge >= 0.3 is 0 Å². The summed E-state index contributed by atoms with van der Waals surface area (Å²) in [4.78, 5) is 10.8. The monoisotopic (exact) mass is 260 g/mol. The summed E-state index contributed by atoms with van der Waals surface area (Å²) in [5.41, 5.74) is -0.0284. The number of halogens is 3. The number of carbonyl (C=O) groups is 1. The summed E-state index contributed by atoms with van der Waals surface area (Å²) < 4.78 is 26.2. The molecule has 0 bridgehead atoms. The molecule has 1 aromatic carbocycles. The molecular formula is C10H7BrF2O. The lowest BCUT2D eigenvalue weighted by molar-refractivity contribution is -0.109. The number of carbonyl (C=O) groups excluding carboxylic acids is 1. The maximum absolute atomic E-state index is 12.9. The summed E-state index contributed by atoms with van der Waals surface area (Å²) in [7, 11) is 0. The number of aldehydes is 1. The molecule has 74 valence electrons. The molecule has 1 nitrogen and oxygen atoms in total. The minimum atomic E-state index is -0.906. The van der Waals surface area contributed by atoms with Crippen molar-refractivity contribution in [1.82, 2.24) is 0 Å². The second-order valence-corrected chi connectivity index (χ2v) is 4.37. The zero-order chi connectivity index (χ0) is 10.3. The van der Waals surface area contributed by atoms with E-state index in [1.165, 1.54) is 0 Å². The molecule has 0 aliphatic heterocycles. The number of hydrogen-bond acceptors (Lipinski definition) is 1. The number of benzene rings is 1. The Morgan fingerprint density at radius 2 is 1.86 bits per heavy atom. The predicted molar refractivity (Wildman–Crippen MR) is 51.0 cm³/mol. The lowest BCUT2D eigenvalue weighted by Crippen LogP contribution is -2.09. The molecule has 1 saturated carbocycles. The van der Waals surface area contributed by atoms with Gasteiger partial charge in [-0.2, -0.15) is 0 Å². The normalized spacial score (nSPS) is 17.9. The SMILES string of the molecule is O=CC1(c2cc(F)c(F)cc2Br)CC1. The van der Waals surface area contributed by atoms with Gasteiger partial charge in [0.05, 0.1) is 5.41 Å². The van der Waals surface area contributed by atoms with Crippen molar-refractivity contribution in [3.05, 3.63) is 33.8 Å². The lowest BCUT2D eigenvalue weighted by atomic mass is 9.98. The lowest BCUT2D eigenvalue weighted by Gasteiger charge is -2.10. The van der Waals surface area contributed by atoms with Crippen LogP contribution in [-0.2, 0) is 10.2 Å². The van der Waals surface area contributed by atoms with Crippen molar-refractivity contribution in [2.45, 2.75) is 18.3 Å². The molecule has 0 N–H and O–H groups in total. The van der Waals surface area contributed by atoms with E-state index in [0.29, 0.717) is 22.9 Å². The Morgan fingerprint density at radius 1 is 1.29 bits per heavy atom. The van der Waals surface area contributed by atoms with E-state index >= 15 is 0 Å². The van der Waals surface area contributed by atoms with E-state index in [-0.39, 0.29) is 0 Å². The summed E-state index contributed by atoms with van der Waals surface area (Å²) in [5.74, 6) is -1.81. The van der Waals surface area contributed by atoms with Crippen LogP contribution >= 0.6 is 15.9 Å². The van der Waals surface area contributed by atoms with Crippen molar-refractivity contribution >= 4 is 22.2 Å². The highest BCUT2D eigenvalue weighted by molar-refractivity contribution is 9.10. The molecule has 0 unspecified atom stereocenters. The van der Waals surface area contributed by atoms with Crippen LogP contribution in [0.25, 0.3) is 0 Å². The van der Waals surface area contributed by atoms with Crippen molar-refractivity contribution in [3.63, 3.8) is 0 Å². The second-order valence-electron chi connectivity index (χ2n) is 3.52. The molecule has 14 heavy (non-hydrogen) atoms. The summed E-state index contributed by atoms with van der Waals surface area (Å²) >= 11 is 3.13. The van der Waals surface area contributed by atoms with Gasteiger partial charge < -0.3 is 4.79 Å². The third-order valence-corrected chi connectivity index (χ3v) is 3.22. The Kier molecular flexibility index (Phi) is 2.18. The van der Waals surface area contributed by atoms with Crippen LogP contribution in [0.4, 0.5) is 8.78 Å². The van der Waals surface area contributed by atoms with E-state index in [1.807, 2.05) is 0 Å². The quantitative estimate of drug-likeness (QED) is 0.590. The first-order valence-corrected chi connectivity index (χ1v) is 5.00. The maximum atomic E-state index is 12.9. The van der Waals surface area contributed by atoms with Gasteiger partial charge in [-0.15, -0.1) is 0 Å². The Labute approximate surface area is 88.2 Å². The van der Waals surface area contributed by atoms with Gasteiger partial charge in [0.1, 0.15) is 6.29 Å². The van der Waals surface area contributed by atoms with Gasteiger partial charge in [-0.05, 0) is 30.5 Å². The first-order chi connectivity index (χ1) is 6.59. The maximum Gasteiger partial charge on any atom is 0.159 e. The summed E-state index contributed by atoms with van der Waals surface area (Å²) in [6.45, 7) is 0. The average molecular weight is 261 g/mol. The summed E-state index contributed by atoms with van der Waals surface area (Å²) in [5, 5.41) is 0. The van der Waals surface area contributed by atoms with Crippen molar-refractivity contribution < 1.29 is 13.6 Å². The Bertz CT molecular complexity index is 399. The van der Waals surface area contributed by atoms with E-state index in [2.05, 4.69) is 15.9 Å². The fourth-order valence-electron chi connectivity index (χ4n) is 1.49. The highest BCUT2D eigenvalue weighted by atomic mass is 79.9. The molecule has 0 amide bonds. The standard InChI is InChI=1S/C10H7BrF2O/c11-7-4-9(13)8(12)3-6(7)10(5-14)1-2-10/h3-5H,1-2H2.